The molecule has 1 aromatic carbocycles. The zero-order valence-electron chi connectivity index (χ0n) is 11.9. The average Bonchev–Trinajstić information content (AvgIpc) is 3.05. The maximum atomic E-state index is 11.7. The van der Waals surface area contributed by atoms with E-state index in [1.165, 1.54) is 6.26 Å². The van der Waals surface area contributed by atoms with Gasteiger partial charge in [-0.25, -0.2) is 5.43 Å². The second-order valence-electron chi connectivity index (χ2n) is 4.39. The number of furan rings is 1. The van der Waals surface area contributed by atoms with Crippen LogP contribution in [0.3, 0.4) is 0 Å². The maximum absolute atomic E-state index is 11.7. The highest BCUT2D eigenvalue weighted by atomic mass is 16.5. The zero-order chi connectivity index (χ0) is 15.9. The van der Waals surface area contributed by atoms with Crippen molar-refractivity contribution in [3.63, 3.8) is 0 Å². The molecular weight excluding hydrogens is 286 g/mol. The van der Waals surface area contributed by atoms with Crippen LogP contribution < -0.4 is 15.9 Å². The molecule has 2 aromatic rings. The van der Waals surface area contributed by atoms with Crippen molar-refractivity contribution in [1.82, 2.24) is 5.43 Å². The van der Waals surface area contributed by atoms with Crippen molar-refractivity contribution in [3.05, 3.63) is 54.0 Å². The van der Waals surface area contributed by atoms with Crippen molar-refractivity contribution in [3.8, 4) is 5.75 Å². The maximum Gasteiger partial charge on any atom is 0.307 e. The molecule has 0 unspecified atom stereocenters. The van der Waals surface area contributed by atoms with Gasteiger partial charge in [0, 0.05) is 0 Å². The van der Waals surface area contributed by atoms with E-state index in [0.717, 1.165) is 5.56 Å². The van der Waals surface area contributed by atoms with Gasteiger partial charge in [-0.2, -0.15) is 5.10 Å². The van der Waals surface area contributed by atoms with Crippen LogP contribution in [0.25, 0.3) is 0 Å². The Hall–Kier alpha value is -3.09. The molecule has 0 aliphatic rings. The molecule has 0 saturated heterocycles. The van der Waals surface area contributed by atoms with Crippen molar-refractivity contribution in [2.24, 2.45) is 10.8 Å². The van der Waals surface area contributed by atoms with Crippen molar-refractivity contribution in [1.29, 1.82) is 0 Å². The minimum absolute atomic E-state index is 0.175. The van der Waals surface area contributed by atoms with Crippen LogP contribution in [0, 0.1) is 0 Å². The van der Waals surface area contributed by atoms with Gasteiger partial charge in [-0.3, -0.25) is 9.59 Å². The summed E-state index contributed by atoms with van der Waals surface area (Å²) in [5.41, 5.74) is 8.81. The number of ether oxygens (including phenoxy) is 1. The molecule has 0 radical (unpaired) electrons. The van der Waals surface area contributed by atoms with Gasteiger partial charge in [0.2, 0.25) is 0 Å². The van der Waals surface area contributed by atoms with Crippen molar-refractivity contribution < 1.29 is 18.7 Å². The molecule has 7 nitrogen and oxygen atoms in total. The first-order chi connectivity index (χ1) is 10.6. The summed E-state index contributed by atoms with van der Waals surface area (Å²) in [6, 6.07) is 10.1. The number of carbonyl (C=O) groups is 2. The van der Waals surface area contributed by atoms with Crippen LogP contribution in [0.2, 0.25) is 0 Å². The van der Waals surface area contributed by atoms with E-state index >= 15 is 0 Å². The number of carbonyl (C=O) groups excluding carboxylic acids is 2. The lowest BCUT2D eigenvalue weighted by Crippen LogP contribution is -2.20. The quantitative estimate of drug-likeness (QED) is 0.619. The molecule has 0 spiro atoms. The lowest BCUT2D eigenvalue weighted by Gasteiger charge is -2.05. The molecule has 3 N–H and O–H groups in total. The highest BCUT2D eigenvalue weighted by Gasteiger charge is 2.07. The molecule has 2 rings (SSSR count). The van der Waals surface area contributed by atoms with Gasteiger partial charge in [-0.15, -0.1) is 0 Å². The predicted molar refractivity (Wildman–Crippen MR) is 79.5 cm³/mol. The van der Waals surface area contributed by atoms with Crippen LogP contribution in [0.5, 0.6) is 5.75 Å². The van der Waals surface area contributed by atoms with E-state index in [2.05, 4.69) is 10.5 Å². The summed E-state index contributed by atoms with van der Waals surface area (Å²) in [5, 5.41) is 4.00. The third-order valence-corrected chi connectivity index (χ3v) is 2.72. The molecule has 0 fully saturated rings. The Morgan fingerprint density at radius 3 is 2.59 bits per heavy atom. The molecule has 0 aliphatic heterocycles. The molecule has 1 aromatic heterocycles. The number of benzene rings is 1. The number of amides is 2. The molecule has 0 atom stereocenters. The van der Waals surface area contributed by atoms with E-state index in [-0.39, 0.29) is 12.4 Å². The topological polar surface area (TPSA) is 107 Å². The van der Waals surface area contributed by atoms with Gasteiger partial charge in [-0.1, -0.05) is 0 Å². The summed E-state index contributed by atoms with van der Waals surface area (Å²) in [4.78, 5) is 22.3. The van der Waals surface area contributed by atoms with Crippen molar-refractivity contribution in [2.75, 3.05) is 6.61 Å². The Morgan fingerprint density at radius 2 is 2.00 bits per heavy atom. The van der Waals surface area contributed by atoms with Crippen molar-refractivity contribution in [2.45, 2.75) is 6.92 Å². The molecule has 1 heterocycles. The molecular formula is C15H15N3O4. The largest absolute Gasteiger partial charge is 0.484 e. The second kappa shape index (κ2) is 7.07. The first kappa shape index (κ1) is 15.3. The van der Waals surface area contributed by atoms with Crippen LogP contribution in [0.15, 0.2) is 52.2 Å². The highest BCUT2D eigenvalue weighted by molar-refractivity contribution is 6.00. The Balaban J connectivity index is 1.96. The summed E-state index contributed by atoms with van der Waals surface area (Å²) in [7, 11) is 0. The monoisotopic (exact) mass is 301 g/mol. The molecule has 2 amide bonds. The first-order valence-corrected chi connectivity index (χ1v) is 6.46. The second-order valence-corrected chi connectivity index (χ2v) is 4.39. The SMILES string of the molecule is C/C(=N\NC(=O)c1ccco1)c1ccc(OCC(N)=O)cc1. The van der Waals surface area contributed by atoms with Gasteiger partial charge in [0.1, 0.15) is 5.75 Å². The van der Waals surface area contributed by atoms with Crippen LogP contribution in [0.4, 0.5) is 0 Å². The van der Waals surface area contributed by atoms with Gasteiger partial charge in [-0.05, 0) is 48.9 Å². The highest BCUT2D eigenvalue weighted by Crippen LogP contribution is 2.12. The molecule has 22 heavy (non-hydrogen) atoms. The first-order valence-electron chi connectivity index (χ1n) is 6.46. The van der Waals surface area contributed by atoms with Crippen LogP contribution in [-0.4, -0.2) is 24.1 Å². The number of hydrogen-bond donors (Lipinski definition) is 2. The molecule has 0 bridgehead atoms. The standard InChI is InChI=1S/C15H15N3O4/c1-10(17-18-15(20)13-3-2-8-21-13)11-4-6-12(7-5-11)22-9-14(16)19/h2-8H,9H2,1H3,(H2,16,19)(H,18,20)/b17-10+. The van der Waals surface area contributed by atoms with E-state index in [0.29, 0.717) is 11.5 Å². The Kier molecular flexibility index (Phi) is 4.92. The fourth-order valence-electron chi connectivity index (χ4n) is 1.61. The fourth-order valence-corrected chi connectivity index (χ4v) is 1.61. The Labute approximate surface area is 126 Å². The number of primary amides is 1. The molecule has 0 aliphatic carbocycles. The van der Waals surface area contributed by atoms with Gasteiger partial charge in [0.05, 0.1) is 12.0 Å². The van der Waals surface area contributed by atoms with Crippen LogP contribution in [-0.2, 0) is 4.79 Å². The summed E-state index contributed by atoms with van der Waals surface area (Å²) in [6.45, 7) is 1.58. The number of hydrazone groups is 1. The van der Waals surface area contributed by atoms with E-state index in [1.54, 1.807) is 43.3 Å². The van der Waals surface area contributed by atoms with Crippen molar-refractivity contribution >= 4 is 17.5 Å². The summed E-state index contributed by atoms with van der Waals surface area (Å²) >= 11 is 0. The predicted octanol–water partition coefficient (Wildman–Crippen LogP) is 1.30. The van der Waals surface area contributed by atoms with E-state index in [1.807, 2.05) is 0 Å². The van der Waals surface area contributed by atoms with E-state index < -0.39 is 11.8 Å². The zero-order valence-corrected chi connectivity index (χ0v) is 11.9. The number of rotatable bonds is 6. The summed E-state index contributed by atoms with van der Waals surface area (Å²) in [6.07, 6.45) is 1.41. The van der Waals surface area contributed by atoms with Crippen LogP contribution >= 0.6 is 0 Å². The molecule has 7 heteroatoms. The smallest absolute Gasteiger partial charge is 0.307 e. The van der Waals surface area contributed by atoms with Gasteiger partial charge >= 0.3 is 5.91 Å². The molecule has 114 valence electrons. The normalized spacial score (nSPS) is 11.0. The number of nitrogens with zero attached hydrogens (tertiary/aromatic N) is 1. The third-order valence-electron chi connectivity index (χ3n) is 2.72. The summed E-state index contributed by atoms with van der Waals surface area (Å²) in [5.74, 6) is -0.255. The van der Waals surface area contributed by atoms with Gasteiger partial charge < -0.3 is 14.9 Å². The lowest BCUT2D eigenvalue weighted by atomic mass is 10.1. The minimum Gasteiger partial charge on any atom is -0.484 e. The van der Waals surface area contributed by atoms with Gasteiger partial charge in [0.15, 0.2) is 12.4 Å². The fraction of sp³-hybridized carbons (Fsp3) is 0.133. The minimum atomic E-state index is -0.539. The number of nitrogens with one attached hydrogen (secondary N) is 1. The third kappa shape index (κ3) is 4.20. The van der Waals surface area contributed by atoms with Crippen LogP contribution in [0.1, 0.15) is 23.0 Å². The Bertz CT molecular complexity index is 675. The van der Waals surface area contributed by atoms with Gasteiger partial charge in [0.25, 0.3) is 5.91 Å². The molecule has 0 saturated carbocycles. The Morgan fingerprint density at radius 1 is 1.27 bits per heavy atom. The number of hydrogen-bond acceptors (Lipinski definition) is 5. The van der Waals surface area contributed by atoms with E-state index in [4.69, 9.17) is 14.9 Å². The average molecular weight is 301 g/mol. The number of nitrogens with two attached hydrogens (primary N) is 1. The van der Waals surface area contributed by atoms with E-state index in [9.17, 15) is 9.59 Å². The summed E-state index contributed by atoms with van der Waals surface area (Å²) < 4.78 is 10.1. The lowest BCUT2D eigenvalue weighted by molar-refractivity contribution is -0.119.